The van der Waals surface area contributed by atoms with Crippen LogP contribution in [0.2, 0.25) is 10.0 Å². The van der Waals surface area contributed by atoms with Gasteiger partial charge < -0.3 is 5.11 Å². The zero-order valence-electron chi connectivity index (χ0n) is 10.6. The molecule has 6 nitrogen and oxygen atoms in total. The van der Waals surface area contributed by atoms with E-state index in [1.807, 2.05) is 6.92 Å². The molecule has 0 bridgehead atoms. The van der Waals surface area contributed by atoms with Gasteiger partial charge in [-0.3, -0.25) is 4.79 Å². The molecule has 20 heavy (non-hydrogen) atoms. The Kier molecular flexibility index (Phi) is 4.57. The second-order valence-corrected chi connectivity index (χ2v) is 5.42. The van der Waals surface area contributed by atoms with Crippen LogP contribution in [-0.4, -0.2) is 31.3 Å². The van der Waals surface area contributed by atoms with Gasteiger partial charge in [-0.2, -0.15) is 0 Å². The molecule has 0 aliphatic heterocycles. The van der Waals surface area contributed by atoms with Crippen molar-refractivity contribution in [1.82, 2.24) is 20.2 Å². The van der Waals surface area contributed by atoms with Crippen molar-refractivity contribution < 1.29 is 9.90 Å². The first kappa shape index (κ1) is 14.7. The molecule has 0 saturated heterocycles. The van der Waals surface area contributed by atoms with Crippen molar-refractivity contribution in [2.75, 3.05) is 0 Å². The maximum atomic E-state index is 10.7. The minimum atomic E-state index is -0.849. The maximum Gasteiger partial charge on any atom is 0.303 e. The van der Waals surface area contributed by atoms with E-state index in [0.29, 0.717) is 28.0 Å². The first-order valence-electron chi connectivity index (χ1n) is 5.90. The fourth-order valence-electron chi connectivity index (χ4n) is 1.88. The van der Waals surface area contributed by atoms with Crippen LogP contribution in [0, 0.1) is 5.92 Å². The molecule has 1 atom stereocenters. The molecule has 106 valence electrons. The van der Waals surface area contributed by atoms with Crippen LogP contribution in [0.25, 0.3) is 11.4 Å². The van der Waals surface area contributed by atoms with Crippen LogP contribution in [-0.2, 0) is 11.3 Å². The lowest BCUT2D eigenvalue weighted by atomic mass is 10.1. The van der Waals surface area contributed by atoms with Crippen molar-refractivity contribution in [3.63, 3.8) is 0 Å². The Hall–Kier alpha value is -1.66. The highest BCUT2D eigenvalue weighted by Gasteiger charge is 2.15. The van der Waals surface area contributed by atoms with E-state index in [1.165, 1.54) is 0 Å². The van der Waals surface area contributed by atoms with Crippen molar-refractivity contribution in [3.05, 3.63) is 28.2 Å². The number of hydrogen-bond acceptors (Lipinski definition) is 4. The molecule has 1 N–H and O–H groups in total. The van der Waals surface area contributed by atoms with E-state index >= 15 is 0 Å². The molecule has 0 aliphatic carbocycles. The van der Waals surface area contributed by atoms with Crippen LogP contribution >= 0.6 is 23.2 Å². The second kappa shape index (κ2) is 6.19. The van der Waals surface area contributed by atoms with Gasteiger partial charge in [0.1, 0.15) is 0 Å². The third kappa shape index (κ3) is 3.68. The van der Waals surface area contributed by atoms with Crippen molar-refractivity contribution in [2.24, 2.45) is 5.92 Å². The number of carboxylic acids is 1. The molecule has 0 radical (unpaired) electrons. The molecule has 0 fully saturated rings. The summed E-state index contributed by atoms with van der Waals surface area (Å²) in [5.41, 5.74) is 0.690. The third-order valence-corrected chi connectivity index (χ3v) is 3.10. The Morgan fingerprint density at radius 3 is 2.60 bits per heavy atom. The Labute approximate surface area is 125 Å². The predicted molar refractivity (Wildman–Crippen MR) is 74.7 cm³/mol. The number of aliphatic carboxylic acids is 1. The van der Waals surface area contributed by atoms with E-state index in [1.54, 1.807) is 22.9 Å². The van der Waals surface area contributed by atoms with Gasteiger partial charge in [-0.05, 0) is 34.5 Å². The van der Waals surface area contributed by atoms with Gasteiger partial charge >= 0.3 is 5.97 Å². The van der Waals surface area contributed by atoms with Crippen LogP contribution in [0.3, 0.4) is 0 Å². The van der Waals surface area contributed by atoms with Gasteiger partial charge in [-0.15, -0.1) is 5.10 Å². The highest BCUT2D eigenvalue weighted by molar-refractivity contribution is 6.35. The van der Waals surface area contributed by atoms with Gasteiger partial charge in [0.05, 0.1) is 0 Å². The smallest absolute Gasteiger partial charge is 0.303 e. The maximum absolute atomic E-state index is 10.7. The van der Waals surface area contributed by atoms with Crippen molar-refractivity contribution >= 4 is 29.2 Å². The SMILES string of the molecule is CC(CC(=O)O)Cn1nnnc1-c1cc(Cl)cc(Cl)c1. The van der Waals surface area contributed by atoms with Gasteiger partial charge in [0.25, 0.3) is 0 Å². The summed E-state index contributed by atoms with van der Waals surface area (Å²) in [5, 5.41) is 21.2. The highest BCUT2D eigenvalue weighted by atomic mass is 35.5. The lowest BCUT2D eigenvalue weighted by molar-refractivity contribution is -0.138. The molecule has 0 amide bonds. The van der Waals surface area contributed by atoms with E-state index < -0.39 is 5.97 Å². The van der Waals surface area contributed by atoms with Crippen LogP contribution in [0.1, 0.15) is 13.3 Å². The second-order valence-electron chi connectivity index (χ2n) is 4.55. The number of carboxylic acid groups (broad SMARTS) is 1. The van der Waals surface area contributed by atoms with Crippen molar-refractivity contribution in [2.45, 2.75) is 19.9 Å². The quantitative estimate of drug-likeness (QED) is 0.917. The standard InChI is InChI=1S/C12H12Cl2N4O2/c1-7(2-11(19)20)6-18-12(15-16-17-18)8-3-9(13)5-10(14)4-8/h3-5,7H,2,6H2,1H3,(H,19,20). The molecule has 8 heteroatoms. The first-order valence-corrected chi connectivity index (χ1v) is 6.65. The van der Waals surface area contributed by atoms with E-state index in [0.717, 1.165) is 0 Å². The number of benzene rings is 1. The molecular formula is C12H12Cl2N4O2. The van der Waals surface area contributed by atoms with E-state index in [4.69, 9.17) is 28.3 Å². The molecule has 0 aliphatic rings. The first-order chi connectivity index (χ1) is 9.45. The van der Waals surface area contributed by atoms with Gasteiger partial charge in [0.2, 0.25) is 0 Å². The summed E-state index contributed by atoms with van der Waals surface area (Å²) >= 11 is 11.9. The summed E-state index contributed by atoms with van der Waals surface area (Å²) < 4.78 is 1.55. The Bertz CT molecular complexity index is 609. The van der Waals surface area contributed by atoms with Crippen LogP contribution in [0.5, 0.6) is 0 Å². The molecule has 1 aromatic heterocycles. The molecule has 1 aromatic carbocycles. The van der Waals surface area contributed by atoms with Crippen LogP contribution in [0.15, 0.2) is 18.2 Å². The monoisotopic (exact) mass is 314 g/mol. The number of tetrazole rings is 1. The van der Waals surface area contributed by atoms with Gasteiger partial charge in [0, 0.05) is 28.6 Å². The fraction of sp³-hybridized carbons (Fsp3) is 0.333. The fourth-order valence-corrected chi connectivity index (χ4v) is 2.40. The van der Waals surface area contributed by atoms with Crippen LogP contribution < -0.4 is 0 Å². The van der Waals surface area contributed by atoms with E-state index in [-0.39, 0.29) is 12.3 Å². The van der Waals surface area contributed by atoms with Crippen molar-refractivity contribution in [3.8, 4) is 11.4 Å². The summed E-state index contributed by atoms with van der Waals surface area (Å²) in [7, 11) is 0. The lowest BCUT2D eigenvalue weighted by Gasteiger charge is -2.10. The molecule has 1 heterocycles. The highest BCUT2D eigenvalue weighted by Crippen LogP contribution is 2.25. The number of hydrogen-bond donors (Lipinski definition) is 1. The molecule has 2 aromatic rings. The molecule has 1 unspecified atom stereocenters. The Morgan fingerprint density at radius 1 is 1.35 bits per heavy atom. The number of aromatic nitrogens is 4. The summed E-state index contributed by atoms with van der Waals surface area (Å²) in [6, 6.07) is 5.03. The van der Waals surface area contributed by atoms with E-state index in [9.17, 15) is 4.79 Å². The van der Waals surface area contributed by atoms with Gasteiger partial charge in [-0.25, -0.2) is 4.68 Å². The molecule has 2 rings (SSSR count). The number of halogens is 2. The summed E-state index contributed by atoms with van der Waals surface area (Å²) in [6.07, 6.45) is 0.0512. The largest absolute Gasteiger partial charge is 0.481 e. The zero-order chi connectivity index (χ0) is 14.7. The Balaban J connectivity index is 2.26. The third-order valence-electron chi connectivity index (χ3n) is 2.66. The normalized spacial score (nSPS) is 12.3. The van der Waals surface area contributed by atoms with Gasteiger partial charge in [-0.1, -0.05) is 30.1 Å². The summed E-state index contributed by atoms with van der Waals surface area (Å²) in [6.45, 7) is 2.23. The summed E-state index contributed by atoms with van der Waals surface area (Å²) in [4.78, 5) is 10.7. The van der Waals surface area contributed by atoms with Gasteiger partial charge in [0.15, 0.2) is 5.82 Å². The minimum absolute atomic E-state index is 0.0512. The van der Waals surface area contributed by atoms with Crippen LogP contribution in [0.4, 0.5) is 0 Å². The average molecular weight is 315 g/mol. The average Bonchev–Trinajstić information content (AvgIpc) is 2.74. The molecule has 0 spiro atoms. The number of carbonyl (C=O) groups is 1. The summed E-state index contributed by atoms with van der Waals surface area (Å²) in [5.74, 6) is -0.436. The van der Waals surface area contributed by atoms with Crippen molar-refractivity contribution in [1.29, 1.82) is 0 Å². The Morgan fingerprint density at radius 2 is 2.00 bits per heavy atom. The molecule has 0 saturated carbocycles. The topological polar surface area (TPSA) is 80.9 Å². The lowest BCUT2D eigenvalue weighted by Crippen LogP contribution is -2.14. The number of rotatable bonds is 5. The molecular weight excluding hydrogens is 303 g/mol. The van der Waals surface area contributed by atoms with E-state index in [2.05, 4.69) is 15.5 Å². The minimum Gasteiger partial charge on any atom is -0.481 e. The zero-order valence-corrected chi connectivity index (χ0v) is 12.1. The predicted octanol–water partition coefficient (Wildman–Crippen LogP) is 2.76. The number of nitrogens with zero attached hydrogens (tertiary/aromatic N) is 4.